The number of carbonyl (C=O) groups excluding carboxylic acids is 1. The van der Waals surface area contributed by atoms with E-state index in [0.29, 0.717) is 13.0 Å². The Labute approximate surface area is 123 Å². The van der Waals surface area contributed by atoms with Crippen LogP contribution < -0.4 is 0 Å². The van der Waals surface area contributed by atoms with Gasteiger partial charge in [0, 0.05) is 36.5 Å². The fourth-order valence-corrected chi connectivity index (χ4v) is 2.62. The number of nitrogens with one attached hydrogen (secondary N) is 1. The van der Waals surface area contributed by atoms with Gasteiger partial charge in [0.05, 0.1) is 6.54 Å². The fraction of sp³-hybridized carbons (Fsp3) is 0.333. The first-order chi connectivity index (χ1) is 9.65. The molecule has 5 heteroatoms. The molecule has 1 amide bonds. The molecule has 0 aliphatic rings. The van der Waals surface area contributed by atoms with Gasteiger partial charge in [-0.3, -0.25) is 4.79 Å². The van der Waals surface area contributed by atoms with Crippen LogP contribution in [0, 0.1) is 6.92 Å². The van der Waals surface area contributed by atoms with E-state index in [2.05, 4.69) is 41.2 Å². The maximum atomic E-state index is 12.0. The highest BCUT2D eigenvalue weighted by molar-refractivity contribution is 7.99. The van der Waals surface area contributed by atoms with Gasteiger partial charge >= 0.3 is 0 Å². The molecular formula is C15H19N3OS. The van der Waals surface area contributed by atoms with Crippen LogP contribution in [0.4, 0.5) is 0 Å². The van der Waals surface area contributed by atoms with Gasteiger partial charge in [0.2, 0.25) is 5.91 Å². The Morgan fingerprint density at radius 2 is 2.10 bits per heavy atom. The highest BCUT2D eigenvalue weighted by Crippen LogP contribution is 2.19. The highest BCUT2D eigenvalue weighted by Gasteiger charge is 2.10. The zero-order valence-electron chi connectivity index (χ0n) is 11.8. The monoisotopic (exact) mass is 289 g/mol. The number of aryl methyl sites for hydroxylation is 1. The summed E-state index contributed by atoms with van der Waals surface area (Å²) in [6, 6.07) is 8.37. The molecule has 2 aromatic rings. The summed E-state index contributed by atoms with van der Waals surface area (Å²) in [6.07, 6.45) is 4.00. The molecule has 0 saturated heterocycles. The molecule has 0 fully saturated rings. The molecule has 0 spiro atoms. The summed E-state index contributed by atoms with van der Waals surface area (Å²) < 4.78 is 0. The molecule has 0 bridgehead atoms. The Bertz CT molecular complexity index is 537. The number of rotatable bonds is 6. The van der Waals surface area contributed by atoms with Crippen molar-refractivity contribution >= 4 is 17.7 Å². The van der Waals surface area contributed by atoms with Crippen LogP contribution in [-0.4, -0.2) is 33.6 Å². The molecule has 0 unspecified atom stereocenters. The van der Waals surface area contributed by atoms with E-state index >= 15 is 0 Å². The van der Waals surface area contributed by atoms with E-state index in [0.717, 1.165) is 11.6 Å². The van der Waals surface area contributed by atoms with Gasteiger partial charge in [-0.15, -0.1) is 11.8 Å². The maximum Gasteiger partial charge on any atom is 0.223 e. The van der Waals surface area contributed by atoms with Crippen LogP contribution in [0.25, 0.3) is 0 Å². The third-order valence-corrected chi connectivity index (χ3v) is 3.99. The van der Waals surface area contributed by atoms with Gasteiger partial charge < -0.3 is 9.88 Å². The Kier molecular flexibility index (Phi) is 5.24. The minimum absolute atomic E-state index is 0.140. The van der Waals surface area contributed by atoms with Crippen LogP contribution in [0.3, 0.4) is 0 Å². The minimum atomic E-state index is 0.140. The summed E-state index contributed by atoms with van der Waals surface area (Å²) in [6.45, 7) is 2.60. The lowest BCUT2D eigenvalue weighted by atomic mass is 10.2. The molecule has 1 aromatic carbocycles. The van der Waals surface area contributed by atoms with Crippen LogP contribution >= 0.6 is 11.8 Å². The molecule has 2 rings (SSSR count). The number of thioether (sulfide) groups is 1. The average Bonchev–Trinajstić information content (AvgIpc) is 2.93. The number of nitrogens with zero attached hydrogens (tertiary/aromatic N) is 2. The van der Waals surface area contributed by atoms with Crippen LogP contribution in [0.1, 0.15) is 17.8 Å². The number of amides is 1. The molecular weight excluding hydrogens is 270 g/mol. The SMILES string of the molecule is Cc1ccc(SCCC(=O)N(C)Cc2ncc[nH]2)cc1. The first kappa shape index (κ1) is 14.7. The van der Waals surface area contributed by atoms with Crippen molar-refractivity contribution in [3.8, 4) is 0 Å². The Hall–Kier alpha value is -1.75. The van der Waals surface area contributed by atoms with Crippen LogP contribution in [0.2, 0.25) is 0 Å². The van der Waals surface area contributed by atoms with Gasteiger partial charge in [0.25, 0.3) is 0 Å². The zero-order valence-corrected chi connectivity index (χ0v) is 12.6. The lowest BCUT2D eigenvalue weighted by Gasteiger charge is -2.15. The number of H-pyrrole nitrogens is 1. The minimum Gasteiger partial charge on any atom is -0.347 e. The average molecular weight is 289 g/mol. The van der Waals surface area contributed by atoms with Crippen LogP contribution in [-0.2, 0) is 11.3 Å². The lowest BCUT2D eigenvalue weighted by molar-refractivity contribution is -0.130. The standard InChI is InChI=1S/C15H19N3OS/c1-12-3-5-13(6-4-12)20-10-7-15(19)18(2)11-14-16-8-9-17-14/h3-6,8-9H,7,10-11H2,1-2H3,(H,16,17). The topological polar surface area (TPSA) is 49.0 Å². The molecule has 0 radical (unpaired) electrons. The van der Waals surface area contributed by atoms with Crippen molar-refractivity contribution in [1.29, 1.82) is 0 Å². The molecule has 0 saturated carbocycles. The molecule has 1 heterocycles. The van der Waals surface area contributed by atoms with Crippen molar-refractivity contribution in [2.45, 2.75) is 24.8 Å². The van der Waals surface area contributed by atoms with Gasteiger partial charge in [-0.05, 0) is 19.1 Å². The number of hydrogen-bond acceptors (Lipinski definition) is 3. The number of imidazole rings is 1. The van der Waals surface area contributed by atoms with Crippen LogP contribution in [0.15, 0.2) is 41.6 Å². The molecule has 0 aliphatic carbocycles. The molecule has 1 N–H and O–H groups in total. The van der Waals surface area contributed by atoms with Crippen molar-refractivity contribution in [3.05, 3.63) is 48.0 Å². The van der Waals surface area contributed by atoms with Crippen molar-refractivity contribution in [2.24, 2.45) is 0 Å². The fourth-order valence-electron chi connectivity index (χ4n) is 1.78. The Morgan fingerprint density at radius 1 is 1.35 bits per heavy atom. The van der Waals surface area contributed by atoms with E-state index in [1.165, 1.54) is 10.5 Å². The maximum absolute atomic E-state index is 12.0. The van der Waals surface area contributed by atoms with E-state index in [9.17, 15) is 4.79 Å². The van der Waals surface area contributed by atoms with E-state index in [1.54, 1.807) is 36.1 Å². The Balaban J connectivity index is 1.73. The summed E-state index contributed by atoms with van der Waals surface area (Å²) in [4.78, 5) is 22.0. The second-order valence-electron chi connectivity index (χ2n) is 4.70. The lowest BCUT2D eigenvalue weighted by Crippen LogP contribution is -2.26. The molecule has 20 heavy (non-hydrogen) atoms. The van der Waals surface area contributed by atoms with Gasteiger partial charge in [0.1, 0.15) is 5.82 Å². The van der Waals surface area contributed by atoms with Gasteiger partial charge in [-0.1, -0.05) is 17.7 Å². The van der Waals surface area contributed by atoms with E-state index in [4.69, 9.17) is 0 Å². The number of hydrogen-bond donors (Lipinski definition) is 1. The third kappa shape index (κ3) is 4.42. The quantitative estimate of drug-likeness (QED) is 0.832. The van der Waals surface area contributed by atoms with Crippen molar-refractivity contribution < 1.29 is 4.79 Å². The number of benzene rings is 1. The largest absolute Gasteiger partial charge is 0.347 e. The number of aromatic amines is 1. The summed E-state index contributed by atoms with van der Waals surface area (Å²) in [5.74, 6) is 1.75. The van der Waals surface area contributed by atoms with Crippen molar-refractivity contribution in [3.63, 3.8) is 0 Å². The van der Waals surface area contributed by atoms with Gasteiger partial charge in [-0.25, -0.2) is 4.98 Å². The summed E-state index contributed by atoms with van der Waals surface area (Å²) >= 11 is 1.71. The van der Waals surface area contributed by atoms with E-state index < -0.39 is 0 Å². The predicted molar refractivity (Wildman–Crippen MR) is 81.6 cm³/mol. The number of carbonyl (C=O) groups is 1. The van der Waals surface area contributed by atoms with Crippen molar-refractivity contribution in [2.75, 3.05) is 12.8 Å². The molecule has 4 nitrogen and oxygen atoms in total. The molecule has 1 aromatic heterocycles. The Morgan fingerprint density at radius 3 is 2.75 bits per heavy atom. The summed E-state index contributed by atoms with van der Waals surface area (Å²) in [5, 5.41) is 0. The summed E-state index contributed by atoms with van der Waals surface area (Å²) in [5.41, 5.74) is 1.25. The predicted octanol–water partition coefficient (Wildman–Crippen LogP) is 2.86. The number of aromatic nitrogens is 2. The second-order valence-corrected chi connectivity index (χ2v) is 5.87. The normalized spacial score (nSPS) is 10.5. The molecule has 106 valence electrons. The van der Waals surface area contributed by atoms with Gasteiger partial charge in [-0.2, -0.15) is 0 Å². The van der Waals surface area contributed by atoms with E-state index in [-0.39, 0.29) is 5.91 Å². The van der Waals surface area contributed by atoms with E-state index in [1.807, 2.05) is 0 Å². The third-order valence-electron chi connectivity index (χ3n) is 2.97. The van der Waals surface area contributed by atoms with Crippen molar-refractivity contribution in [1.82, 2.24) is 14.9 Å². The van der Waals surface area contributed by atoms with Crippen LogP contribution in [0.5, 0.6) is 0 Å². The van der Waals surface area contributed by atoms with Gasteiger partial charge in [0.15, 0.2) is 0 Å². The second kappa shape index (κ2) is 7.14. The molecule has 0 atom stereocenters. The highest BCUT2D eigenvalue weighted by atomic mass is 32.2. The molecule has 0 aliphatic heterocycles. The first-order valence-corrected chi connectivity index (χ1v) is 7.55. The first-order valence-electron chi connectivity index (χ1n) is 6.57. The zero-order chi connectivity index (χ0) is 14.4. The smallest absolute Gasteiger partial charge is 0.223 e. The summed E-state index contributed by atoms with van der Waals surface area (Å²) in [7, 11) is 1.81.